The van der Waals surface area contributed by atoms with E-state index in [9.17, 15) is 4.57 Å². The van der Waals surface area contributed by atoms with Crippen molar-refractivity contribution in [1.29, 1.82) is 0 Å². The Balaban J connectivity index is 0. The van der Waals surface area contributed by atoms with Gasteiger partial charge >= 0.3 is 7.82 Å². The zero-order chi connectivity index (χ0) is 10.9. The fourth-order valence-corrected chi connectivity index (χ4v) is 1.26. The second-order valence-corrected chi connectivity index (χ2v) is 4.29. The van der Waals surface area contributed by atoms with Gasteiger partial charge in [0.15, 0.2) is 0 Å². The molecule has 0 saturated heterocycles. The molecule has 0 bridgehead atoms. The Hall–Kier alpha value is 0.589. The summed E-state index contributed by atoms with van der Waals surface area (Å²) in [7, 11) is -4.45. The van der Waals surface area contributed by atoms with Crippen LogP contribution in [-0.4, -0.2) is 33.5 Å². The van der Waals surface area contributed by atoms with Gasteiger partial charge < -0.3 is 9.79 Å². The quantitative estimate of drug-likeness (QED) is 0.224. The molecule has 0 fully saturated rings. The number of hydrogen-bond acceptors (Lipinski definition) is 3. The van der Waals surface area contributed by atoms with Crippen molar-refractivity contribution in [3.63, 3.8) is 0 Å². The molecule has 0 saturated carbocycles. The zero-order valence-electron chi connectivity index (χ0n) is 8.92. The van der Waals surface area contributed by atoms with E-state index >= 15 is 0 Å². The molecule has 0 aliphatic carbocycles. The molecule has 0 aliphatic heterocycles. The molecule has 0 rings (SSSR count). The molecule has 0 aliphatic rings. The van der Waals surface area contributed by atoms with Crippen molar-refractivity contribution in [1.82, 2.24) is 0 Å². The molecule has 2 N–H and O–H groups in total. The van der Waals surface area contributed by atoms with Gasteiger partial charge in [0.25, 0.3) is 0 Å². The third kappa shape index (κ3) is 17.2. The minimum absolute atomic E-state index is 0. The Bertz CT molecular complexity index is 172. The molecule has 92 valence electrons. The molecule has 0 aromatic heterocycles. The first-order valence-corrected chi connectivity index (χ1v) is 6.46. The number of rotatable bonds is 9. The van der Waals surface area contributed by atoms with Gasteiger partial charge in [0.2, 0.25) is 0 Å². The molecule has 0 aromatic carbocycles. The van der Waals surface area contributed by atoms with Crippen molar-refractivity contribution < 1.29 is 23.9 Å². The first kappa shape index (κ1) is 18.0. The van der Waals surface area contributed by atoms with E-state index in [2.05, 4.69) is 16.5 Å². The normalized spacial score (nSPS) is 11.1. The van der Waals surface area contributed by atoms with Crippen molar-refractivity contribution in [2.75, 3.05) is 6.61 Å². The zero-order valence-corrected chi connectivity index (χ0v) is 11.5. The first-order valence-electron chi connectivity index (χ1n) is 4.93. The van der Waals surface area contributed by atoms with E-state index < -0.39 is 7.82 Å². The molecule has 0 unspecified atom stereocenters. The predicted octanol–water partition coefficient (Wildman–Crippen LogP) is 2.01. The topological polar surface area (TPSA) is 76.0 Å². The van der Waals surface area contributed by atoms with E-state index in [1.807, 2.05) is 0 Å². The van der Waals surface area contributed by atoms with Gasteiger partial charge in [-0.1, -0.05) is 39.0 Å². The van der Waals surface area contributed by atoms with Crippen LogP contribution in [0.3, 0.4) is 0 Å². The van der Waals surface area contributed by atoms with Gasteiger partial charge in [-0.05, 0) is 6.42 Å². The summed E-state index contributed by atoms with van der Waals surface area (Å²) < 4.78 is 14.0. The van der Waals surface area contributed by atoms with Gasteiger partial charge in [-0.15, -0.1) is 4.67 Å². The first-order chi connectivity index (χ1) is 6.56. The minimum Gasteiger partial charge on any atom is -0.301 e. The molecular weight excluding hydrogens is 286 g/mol. The monoisotopic (exact) mass is 306 g/mol. The van der Waals surface area contributed by atoms with Gasteiger partial charge in [0, 0.05) is 17.1 Å². The van der Waals surface area contributed by atoms with Crippen molar-refractivity contribution in [2.24, 2.45) is 0 Å². The van der Waals surface area contributed by atoms with Crippen LogP contribution < -0.4 is 0 Å². The molecule has 2 radical (unpaired) electrons. The number of phosphoric acid groups is 1. The largest absolute Gasteiger partial charge is 0.496 e. The van der Waals surface area contributed by atoms with Crippen molar-refractivity contribution >= 4 is 24.9 Å². The number of hydrogen-bond donors (Lipinski definition) is 2. The third-order valence-corrected chi connectivity index (χ3v) is 2.03. The Morgan fingerprint density at radius 1 is 1.07 bits per heavy atom. The summed E-state index contributed by atoms with van der Waals surface area (Å²) in [6, 6.07) is 0. The average Bonchev–Trinajstić information content (AvgIpc) is 2.08. The summed E-state index contributed by atoms with van der Waals surface area (Å²) in [4.78, 5) is 20.8. The van der Waals surface area contributed by atoms with E-state index in [1.165, 1.54) is 19.3 Å². The third-order valence-electron chi connectivity index (χ3n) is 1.73. The van der Waals surface area contributed by atoms with Gasteiger partial charge in [0.05, 0.1) is 6.61 Å². The Labute approximate surface area is 101 Å². The fraction of sp³-hybridized carbons (Fsp3) is 1.00. The van der Waals surface area contributed by atoms with Crippen LogP contribution in [0.15, 0.2) is 0 Å². The molecule has 0 heterocycles. The summed E-state index contributed by atoms with van der Waals surface area (Å²) in [5.74, 6) is 0. The summed E-state index contributed by atoms with van der Waals surface area (Å²) in [6.07, 6.45) is 6.55. The van der Waals surface area contributed by atoms with Crippen LogP contribution in [0.2, 0.25) is 0 Å². The smallest absolute Gasteiger partial charge is 0.301 e. The molecule has 7 heteroatoms. The predicted molar refractivity (Wildman–Crippen MR) is 58.2 cm³/mol. The molecule has 15 heavy (non-hydrogen) atoms. The second-order valence-electron chi connectivity index (χ2n) is 3.15. The van der Waals surface area contributed by atoms with E-state index in [4.69, 9.17) is 9.79 Å². The Kier molecular flexibility index (Phi) is 13.3. The van der Waals surface area contributed by atoms with Crippen molar-refractivity contribution in [2.45, 2.75) is 45.4 Å². The van der Waals surface area contributed by atoms with Crippen molar-refractivity contribution in [3.05, 3.63) is 0 Å². The average molecular weight is 305 g/mol. The standard InChI is InChI=1S/C8H19O5P.Se/c1-2-3-4-5-6-7-8-12-13-14(9,10)11;/h2-8H2,1H3,(H2,9,10,11);. The van der Waals surface area contributed by atoms with Crippen LogP contribution in [0.1, 0.15) is 45.4 Å². The van der Waals surface area contributed by atoms with Crippen LogP contribution in [-0.2, 0) is 14.1 Å². The summed E-state index contributed by atoms with van der Waals surface area (Å²) in [6.45, 7) is 2.38. The molecule has 5 nitrogen and oxygen atoms in total. The van der Waals surface area contributed by atoms with Crippen LogP contribution in [0.5, 0.6) is 0 Å². The fourth-order valence-electron chi connectivity index (χ4n) is 1.05. The number of unbranched alkanes of at least 4 members (excludes halogenated alkanes) is 5. The van der Waals surface area contributed by atoms with E-state index in [-0.39, 0.29) is 23.7 Å². The van der Waals surface area contributed by atoms with Gasteiger partial charge in [-0.25, -0.2) is 9.45 Å². The molecule has 0 atom stereocenters. The van der Waals surface area contributed by atoms with Crippen LogP contribution in [0, 0.1) is 0 Å². The summed E-state index contributed by atoms with van der Waals surface area (Å²) in [5.41, 5.74) is 0. The summed E-state index contributed by atoms with van der Waals surface area (Å²) >= 11 is 0. The minimum atomic E-state index is -4.45. The van der Waals surface area contributed by atoms with E-state index in [1.54, 1.807) is 0 Å². The molecule has 0 aromatic rings. The SMILES string of the molecule is CCCCCCCCOOP(=O)(O)O.[Se]. The Morgan fingerprint density at radius 3 is 2.13 bits per heavy atom. The van der Waals surface area contributed by atoms with E-state index in [0.717, 1.165) is 19.3 Å². The van der Waals surface area contributed by atoms with Crippen LogP contribution in [0.25, 0.3) is 0 Å². The maximum atomic E-state index is 10.2. The van der Waals surface area contributed by atoms with Crippen LogP contribution >= 0.6 is 7.82 Å². The second kappa shape index (κ2) is 11.1. The molecule has 0 spiro atoms. The maximum Gasteiger partial charge on any atom is 0.496 e. The summed E-state index contributed by atoms with van der Waals surface area (Å²) in [5, 5.41) is 0. The van der Waals surface area contributed by atoms with Crippen molar-refractivity contribution in [3.8, 4) is 0 Å². The maximum absolute atomic E-state index is 10.2. The van der Waals surface area contributed by atoms with Crippen LogP contribution in [0.4, 0.5) is 0 Å². The Morgan fingerprint density at radius 2 is 1.60 bits per heavy atom. The molecular formula is C8H19O5PSe. The van der Waals surface area contributed by atoms with Gasteiger partial charge in [-0.3, -0.25) is 0 Å². The van der Waals surface area contributed by atoms with E-state index in [0.29, 0.717) is 0 Å². The molecule has 0 amide bonds. The van der Waals surface area contributed by atoms with Gasteiger partial charge in [-0.2, -0.15) is 0 Å². The van der Waals surface area contributed by atoms with Gasteiger partial charge in [0.1, 0.15) is 0 Å².